The molecule has 1 heterocycles. The first-order chi connectivity index (χ1) is 9.60. The molecule has 108 valence electrons. The van der Waals surface area contributed by atoms with Crippen LogP contribution in [0.2, 0.25) is 5.02 Å². The Morgan fingerprint density at radius 1 is 1.50 bits per heavy atom. The molecule has 0 aromatic heterocycles. The molecule has 2 rings (SSSR count). The van der Waals surface area contributed by atoms with E-state index in [9.17, 15) is 4.79 Å². The summed E-state index contributed by atoms with van der Waals surface area (Å²) in [7, 11) is 3.23. The zero-order valence-electron chi connectivity index (χ0n) is 11.5. The number of carbonyl (C=O) groups is 1. The Balaban J connectivity index is 1.88. The summed E-state index contributed by atoms with van der Waals surface area (Å²) < 4.78 is 4.82. The maximum atomic E-state index is 11.6. The predicted molar refractivity (Wildman–Crippen MR) is 77.0 cm³/mol. The molecule has 0 bridgehead atoms. The second-order valence-corrected chi connectivity index (χ2v) is 5.12. The van der Waals surface area contributed by atoms with Gasteiger partial charge >= 0.3 is 0 Å². The molecule has 0 fully saturated rings. The number of methoxy groups -OCH3 is 1. The van der Waals surface area contributed by atoms with Gasteiger partial charge in [0, 0.05) is 25.6 Å². The summed E-state index contributed by atoms with van der Waals surface area (Å²) in [6, 6.07) is 7.46. The number of oxime groups is 1. The average molecular weight is 297 g/mol. The first-order valence-corrected chi connectivity index (χ1v) is 6.69. The zero-order chi connectivity index (χ0) is 14.5. The van der Waals surface area contributed by atoms with Crippen molar-refractivity contribution < 1.29 is 14.4 Å². The van der Waals surface area contributed by atoms with Crippen molar-refractivity contribution in [3.05, 3.63) is 34.9 Å². The fraction of sp³-hybridized carbons (Fsp3) is 0.429. The molecule has 0 radical (unpaired) electrons. The van der Waals surface area contributed by atoms with Crippen molar-refractivity contribution in [2.45, 2.75) is 12.5 Å². The van der Waals surface area contributed by atoms with Gasteiger partial charge in [-0.2, -0.15) is 0 Å². The number of hydrogen-bond acceptors (Lipinski definition) is 4. The molecule has 0 saturated carbocycles. The van der Waals surface area contributed by atoms with Crippen molar-refractivity contribution in [3.8, 4) is 0 Å². The summed E-state index contributed by atoms with van der Waals surface area (Å²) >= 11 is 5.85. The quantitative estimate of drug-likeness (QED) is 0.834. The van der Waals surface area contributed by atoms with Gasteiger partial charge in [-0.25, -0.2) is 0 Å². The lowest BCUT2D eigenvalue weighted by Gasteiger charge is -2.19. The van der Waals surface area contributed by atoms with Crippen LogP contribution in [0, 0.1) is 0 Å². The Kier molecular flexibility index (Phi) is 4.98. The van der Waals surface area contributed by atoms with Crippen molar-refractivity contribution >= 4 is 23.2 Å². The van der Waals surface area contributed by atoms with E-state index in [1.807, 2.05) is 24.3 Å². The summed E-state index contributed by atoms with van der Waals surface area (Å²) in [6.45, 7) is 0.566. The highest BCUT2D eigenvalue weighted by Crippen LogP contribution is 2.19. The standard InChI is InChI=1S/C14H17ClN2O3/c1-17(14(18)9-19-2)8-12-7-13(16-20-12)10-3-5-11(15)6-4-10/h3-6,12H,7-9H2,1-2H3/t12-/m0/s1. The fourth-order valence-electron chi connectivity index (χ4n) is 1.98. The number of amides is 1. The molecule has 0 aliphatic carbocycles. The van der Waals surface area contributed by atoms with Crippen molar-refractivity contribution in [2.24, 2.45) is 5.16 Å². The van der Waals surface area contributed by atoms with E-state index in [0.29, 0.717) is 18.0 Å². The van der Waals surface area contributed by atoms with E-state index < -0.39 is 0 Å². The smallest absolute Gasteiger partial charge is 0.248 e. The van der Waals surface area contributed by atoms with Gasteiger partial charge in [0.15, 0.2) is 6.10 Å². The Bertz CT molecular complexity index is 502. The molecule has 0 saturated heterocycles. The number of hydrogen-bond donors (Lipinski definition) is 0. The maximum absolute atomic E-state index is 11.6. The summed E-state index contributed by atoms with van der Waals surface area (Å²) in [5.74, 6) is -0.0731. The molecular weight excluding hydrogens is 280 g/mol. The van der Waals surface area contributed by atoms with Crippen LogP contribution in [-0.4, -0.2) is 49.9 Å². The number of ether oxygens (including phenoxy) is 1. The molecule has 6 heteroatoms. The minimum atomic E-state index is -0.119. The number of rotatable bonds is 5. The topological polar surface area (TPSA) is 51.1 Å². The molecule has 1 amide bonds. The van der Waals surface area contributed by atoms with E-state index in [1.165, 1.54) is 7.11 Å². The lowest BCUT2D eigenvalue weighted by atomic mass is 10.1. The fourth-order valence-corrected chi connectivity index (χ4v) is 2.11. The largest absolute Gasteiger partial charge is 0.390 e. The Morgan fingerprint density at radius 2 is 2.20 bits per heavy atom. The summed E-state index contributed by atoms with van der Waals surface area (Å²) in [5, 5.41) is 4.77. The molecule has 1 aliphatic rings. The van der Waals surface area contributed by atoms with Gasteiger partial charge in [-0.15, -0.1) is 0 Å². The van der Waals surface area contributed by atoms with Crippen LogP contribution in [-0.2, 0) is 14.4 Å². The van der Waals surface area contributed by atoms with Gasteiger partial charge in [0.05, 0.1) is 12.3 Å². The first-order valence-electron chi connectivity index (χ1n) is 6.31. The lowest BCUT2D eigenvalue weighted by molar-refractivity contribution is -0.135. The first kappa shape index (κ1) is 14.8. The van der Waals surface area contributed by atoms with Crippen molar-refractivity contribution in [2.75, 3.05) is 27.3 Å². The van der Waals surface area contributed by atoms with Gasteiger partial charge in [-0.05, 0) is 17.7 Å². The number of benzene rings is 1. The second-order valence-electron chi connectivity index (χ2n) is 4.68. The van der Waals surface area contributed by atoms with Crippen LogP contribution >= 0.6 is 11.6 Å². The van der Waals surface area contributed by atoms with Crippen LogP contribution < -0.4 is 0 Å². The molecule has 1 aromatic rings. The van der Waals surface area contributed by atoms with Crippen LogP contribution in [0.15, 0.2) is 29.4 Å². The van der Waals surface area contributed by atoms with E-state index in [1.54, 1.807) is 11.9 Å². The average Bonchev–Trinajstić information content (AvgIpc) is 2.88. The van der Waals surface area contributed by atoms with Gasteiger partial charge in [0.25, 0.3) is 0 Å². The molecular formula is C14H17ClN2O3. The predicted octanol–water partition coefficient (Wildman–Crippen LogP) is 1.94. The highest BCUT2D eigenvalue weighted by atomic mass is 35.5. The van der Waals surface area contributed by atoms with Gasteiger partial charge in [-0.3, -0.25) is 4.79 Å². The third kappa shape index (κ3) is 3.71. The number of halogens is 1. The van der Waals surface area contributed by atoms with E-state index in [-0.39, 0.29) is 18.6 Å². The second kappa shape index (κ2) is 6.72. The highest BCUT2D eigenvalue weighted by Gasteiger charge is 2.24. The van der Waals surface area contributed by atoms with Crippen molar-refractivity contribution in [1.29, 1.82) is 0 Å². The van der Waals surface area contributed by atoms with Gasteiger partial charge in [0.1, 0.15) is 6.61 Å². The summed E-state index contributed by atoms with van der Waals surface area (Å²) in [4.78, 5) is 18.6. The monoisotopic (exact) mass is 296 g/mol. The van der Waals surface area contributed by atoms with Gasteiger partial charge in [-0.1, -0.05) is 28.9 Å². The van der Waals surface area contributed by atoms with Crippen LogP contribution in [0.25, 0.3) is 0 Å². The van der Waals surface area contributed by atoms with E-state index in [0.717, 1.165) is 11.3 Å². The summed E-state index contributed by atoms with van der Waals surface area (Å²) in [6.07, 6.45) is 0.554. The molecule has 20 heavy (non-hydrogen) atoms. The Hall–Kier alpha value is -1.59. The minimum absolute atomic E-state index is 0.0731. The summed E-state index contributed by atoms with van der Waals surface area (Å²) in [5.41, 5.74) is 1.86. The van der Waals surface area contributed by atoms with E-state index in [4.69, 9.17) is 21.2 Å². The van der Waals surface area contributed by atoms with Crippen molar-refractivity contribution in [3.63, 3.8) is 0 Å². The maximum Gasteiger partial charge on any atom is 0.248 e. The molecule has 0 spiro atoms. The molecule has 1 atom stereocenters. The van der Waals surface area contributed by atoms with E-state index in [2.05, 4.69) is 5.16 Å². The Morgan fingerprint density at radius 3 is 2.85 bits per heavy atom. The Labute approximate surface area is 123 Å². The third-order valence-corrected chi connectivity index (χ3v) is 3.33. The lowest BCUT2D eigenvalue weighted by Crippen LogP contribution is -2.36. The SMILES string of the molecule is COCC(=O)N(C)C[C@@H]1CC(c2ccc(Cl)cc2)=NO1. The minimum Gasteiger partial charge on any atom is -0.390 e. The van der Waals surface area contributed by atoms with Crippen LogP contribution in [0.1, 0.15) is 12.0 Å². The molecule has 1 aromatic carbocycles. The highest BCUT2D eigenvalue weighted by molar-refractivity contribution is 6.30. The van der Waals surface area contributed by atoms with Crippen LogP contribution in [0.3, 0.4) is 0 Å². The number of carbonyl (C=O) groups excluding carboxylic acids is 1. The van der Waals surface area contributed by atoms with Crippen LogP contribution in [0.5, 0.6) is 0 Å². The van der Waals surface area contributed by atoms with E-state index >= 15 is 0 Å². The van der Waals surface area contributed by atoms with Crippen LogP contribution in [0.4, 0.5) is 0 Å². The molecule has 0 unspecified atom stereocenters. The number of nitrogens with zero attached hydrogens (tertiary/aromatic N) is 2. The van der Waals surface area contributed by atoms with Crippen molar-refractivity contribution in [1.82, 2.24) is 4.90 Å². The normalized spacial score (nSPS) is 17.6. The third-order valence-electron chi connectivity index (χ3n) is 3.08. The van der Waals surface area contributed by atoms with Gasteiger partial charge < -0.3 is 14.5 Å². The molecule has 5 nitrogen and oxygen atoms in total. The number of likely N-dealkylation sites (N-methyl/N-ethyl adjacent to an activating group) is 1. The molecule has 0 N–H and O–H groups in total. The zero-order valence-corrected chi connectivity index (χ0v) is 12.3. The molecule has 1 aliphatic heterocycles. The van der Waals surface area contributed by atoms with Gasteiger partial charge in [0.2, 0.25) is 5.91 Å².